The Morgan fingerprint density at radius 2 is 2.00 bits per heavy atom. The maximum Gasteiger partial charge on any atom is 0.327 e. The van der Waals surface area contributed by atoms with Crippen molar-refractivity contribution in [3.63, 3.8) is 0 Å². The normalized spacial score (nSPS) is 11.0. The van der Waals surface area contributed by atoms with Gasteiger partial charge >= 0.3 is 5.97 Å². The summed E-state index contributed by atoms with van der Waals surface area (Å²) >= 11 is 0. The number of carboxylic acid groups (broad SMARTS) is 1. The molecule has 1 aromatic carbocycles. The predicted octanol–water partition coefficient (Wildman–Crippen LogP) is 0.0838. The minimum absolute atomic E-state index is 0. The molecule has 113 valence electrons. The molecule has 0 aliphatic rings. The van der Waals surface area contributed by atoms with Crippen molar-refractivity contribution < 1.29 is 60.5 Å². The first-order valence-electron chi connectivity index (χ1n) is 6.31. The van der Waals surface area contributed by atoms with Gasteiger partial charge in [0, 0.05) is 53.1 Å². The summed E-state index contributed by atoms with van der Waals surface area (Å²) in [6.45, 7) is 0.0298. The van der Waals surface area contributed by atoms with E-state index in [9.17, 15) is 14.4 Å². The Bertz CT molecular complexity index is 487. The predicted molar refractivity (Wildman–Crippen MR) is 68.4 cm³/mol. The van der Waals surface area contributed by atoms with E-state index in [1.165, 1.54) is 6.41 Å². The van der Waals surface area contributed by atoms with Crippen LogP contribution in [0.25, 0.3) is 0 Å². The quantitative estimate of drug-likeness (QED) is 0.366. The van der Waals surface area contributed by atoms with E-state index >= 15 is 0 Å². The zero-order valence-electron chi connectivity index (χ0n) is 12.0. The summed E-state index contributed by atoms with van der Waals surface area (Å²) < 4.78 is 7.10. The molecule has 0 bridgehead atoms. The molecule has 0 fully saturated rings. The number of hydrogen-bond donors (Lipinski definition) is 3. The molecule has 6 nitrogen and oxygen atoms in total. The minimum atomic E-state index is -1.24. The second-order valence-electron chi connectivity index (χ2n) is 3.79. The summed E-state index contributed by atoms with van der Waals surface area (Å²) in [5, 5.41) is 13.3. The largest absolute Gasteiger partial charge is 0.528 e. The smallest absolute Gasteiger partial charge is 0.327 e. The van der Waals surface area contributed by atoms with E-state index in [0.29, 0.717) is 12.0 Å². The van der Waals surface area contributed by atoms with Gasteiger partial charge in [-0.25, -0.2) is 4.79 Å². The number of carbonyl (C=O) groups is 2. The van der Waals surface area contributed by atoms with Gasteiger partial charge in [0.15, 0.2) is 0 Å². The maximum absolute atomic E-state index is 11.9. The van der Waals surface area contributed by atoms with Crippen LogP contribution in [0.2, 0.25) is 0 Å². The van der Waals surface area contributed by atoms with Crippen molar-refractivity contribution in [2.45, 2.75) is 19.4 Å². The summed E-state index contributed by atoms with van der Waals surface area (Å²) in [5.74, 6) is -1.78. The van der Waals surface area contributed by atoms with Gasteiger partial charge < -0.3 is 20.5 Å². The molecule has 0 aliphatic heterocycles. The summed E-state index contributed by atoms with van der Waals surface area (Å²) in [5.41, 5.74) is 1.25. The zero-order valence-corrected chi connectivity index (χ0v) is 15.4. The van der Waals surface area contributed by atoms with E-state index in [4.69, 9.17) is 6.48 Å². The van der Waals surface area contributed by atoms with Crippen molar-refractivity contribution in [1.82, 2.24) is 10.6 Å². The summed E-state index contributed by atoms with van der Waals surface area (Å²) in [6, 6.07) is 5.36. The fraction of sp³-hybridized carbons (Fsp3) is 0.308. The second kappa shape index (κ2) is 11.6. The van der Waals surface area contributed by atoms with Crippen molar-refractivity contribution in [2.24, 2.45) is 0 Å². The summed E-state index contributed by atoms with van der Waals surface area (Å²) in [6.07, 6.45) is 1.95. The number of carboxylic acids is 1. The number of amides is 2. The summed E-state index contributed by atoms with van der Waals surface area (Å²) in [7, 11) is 0. The maximum atomic E-state index is 11.9. The first-order chi connectivity index (χ1) is 9.58. The van der Waals surface area contributed by atoms with Crippen LogP contribution in [0.3, 0.4) is 0 Å². The number of rotatable bonds is 7. The molecule has 0 spiro atoms. The molecular weight excluding hydrogens is 483 g/mol. The average molecular weight is 499 g/mol. The fourth-order valence-corrected chi connectivity index (χ4v) is 1.41. The molecule has 1 aromatic rings. The van der Waals surface area contributed by atoms with Crippen LogP contribution in [0.5, 0.6) is 0 Å². The van der Waals surface area contributed by atoms with Gasteiger partial charge in [-0.15, -0.1) is 0 Å². The number of benzene rings is 1. The van der Waals surface area contributed by atoms with E-state index in [0.717, 1.165) is 5.56 Å². The van der Waals surface area contributed by atoms with Crippen LogP contribution >= 0.6 is 0 Å². The second-order valence-corrected chi connectivity index (χ2v) is 3.79. The number of carbonyl (C=O) groups excluding carboxylic acids is 2. The monoisotopic (exact) mass is 499 g/mol. The summed E-state index contributed by atoms with van der Waals surface area (Å²) in [4.78, 5) is 32.8. The molecule has 0 unspecified atom stereocenters. The third kappa shape index (κ3) is 7.46. The SMILES string of the molecule is [2H]CCc1ccc(C(=O)N[C@@H](CN[C-]=O)C(=O)O)cc1.[V].[W]. The van der Waals surface area contributed by atoms with Gasteiger partial charge in [-0.2, -0.15) is 6.41 Å². The van der Waals surface area contributed by atoms with Crippen molar-refractivity contribution in [3.8, 4) is 0 Å². The Kier molecular flexibility index (Phi) is 10.9. The Hall–Kier alpha value is -1.10. The molecular formula is C13H15N2O4VW-. The van der Waals surface area contributed by atoms with Crippen molar-refractivity contribution in [1.29, 1.82) is 0 Å². The van der Waals surface area contributed by atoms with Gasteiger partial charge in [-0.3, -0.25) is 4.79 Å². The van der Waals surface area contributed by atoms with Gasteiger partial charge in [0.1, 0.15) is 6.04 Å². The third-order valence-electron chi connectivity index (χ3n) is 2.49. The molecule has 0 aliphatic carbocycles. The van der Waals surface area contributed by atoms with Gasteiger partial charge in [-0.05, 0) is 24.1 Å². The molecule has 0 saturated carbocycles. The van der Waals surface area contributed by atoms with E-state index in [-0.39, 0.29) is 53.1 Å². The fourth-order valence-electron chi connectivity index (χ4n) is 1.41. The Balaban J connectivity index is 0. The number of nitrogens with one attached hydrogen (secondary N) is 2. The van der Waals surface area contributed by atoms with Gasteiger partial charge in [0.2, 0.25) is 0 Å². The molecule has 1 atom stereocenters. The van der Waals surface area contributed by atoms with Crippen molar-refractivity contribution in [2.75, 3.05) is 6.54 Å². The van der Waals surface area contributed by atoms with E-state index < -0.39 is 17.9 Å². The molecule has 0 saturated heterocycles. The molecule has 8 heteroatoms. The molecule has 2 amide bonds. The van der Waals surface area contributed by atoms with Crippen molar-refractivity contribution in [3.05, 3.63) is 35.4 Å². The number of aliphatic carboxylic acids is 1. The Morgan fingerprint density at radius 3 is 2.48 bits per heavy atom. The van der Waals surface area contributed by atoms with Crippen LogP contribution in [-0.2, 0) is 55.6 Å². The first kappa shape index (κ1) is 19.9. The van der Waals surface area contributed by atoms with Gasteiger partial charge in [0.25, 0.3) is 5.91 Å². The standard InChI is InChI=1S/C13H15N2O4.V.W/c1-2-9-3-5-10(6-4-9)12(17)15-11(13(18)19)7-14-8-16;;/h3-6,11H,2,7H2,1H3,(H,14,16)(H,15,17)(H,18,19);;/q-1;;/t11-;;/m0../s1/i1D;;. The van der Waals surface area contributed by atoms with Crippen LogP contribution in [-0.4, -0.2) is 36.0 Å². The van der Waals surface area contributed by atoms with E-state index in [1.807, 2.05) is 0 Å². The molecule has 21 heavy (non-hydrogen) atoms. The topological polar surface area (TPSA) is 95.5 Å². The van der Waals surface area contributed by atoms with Crippen LogP contribution in [0, 0.1) is 0 Å². The van der Waals surface area contributed by atoms with E-state index in [1.54, 1.807) is 24.3 Å². The molecule has 1 radical (unpaired) electrons. The molecule has 0 heterocycles. The zero-order chi connectivity index (χ0) is 15.0. The average Bonchev–Trinajstić information content (AvgIpc) is 2.44. The van der Waals surface area contributed by atoms with Gasteiger partial charge in [-0.1, -0.05) is 19.0 Å². The van der Waals surface area contributed by atoms with Crippen LogP contribution < -0.4 is 10.6 Å². The van der Waals surface area contributed by atoms with Crippen LogP contribution in [0.4, 0.5) is 0 Å². The third-order valence-corrected chi connectivity index (χ3v) is 2.49. The minimum Gasteiger partial charge on any atom is -0.528 e. The number of hydrogen-bond acceptors (Lipinski definition) is 3. The van der Waals surface area contributed by atoms with Crippen LogP contribution in [0.15, 0.2) is 24.3 Å². The molecule has 1 rings (SSSR count). The van der Waals surface area contributed by atoms with Crippen molar-refractivity contribution >= 4 is 18.3 Å². The molecule has 3 N–H and O–H groups in total. The van der Waals surface area contributed by atoms with Crippen LogP contribution in [0.1, 0.15) is 24.2 Å². The van der Waals surface area contributed by atoms with Gasteiger partial charge in [0.05, 0.1) is 0 Å². The number of aryl methyl sites for hydroxylation is 1. The first-order valence-corrected chi connectivity index (χ1v) is 5.60. The Morgan fingerprint density at radius 1 is 1.38 bits per heavy atom. The van der Waals surface area contributed by atoms with E-state index in [2.05, 4.69) is 10.6 Å². The Labute approximate surface area is 150 Å². The molecule has 0 aromatic heterocycles.